The zero-order valence-corrected chi connectivity index (χ0v) is 15.8. The molecule has 3 N–H and O–H groups in total. The van der Waals surface area contributed by atoms with Gasteiger partial charge in [-0.15, -0.1) is 0 Å². The van der Waals surface area contributed by atoms with Crippen LogP contribution in [0.3, 0.4) is 0 Å². The molecular formula is C19H24N4O5. The maximum absolute atomic E-state index is 11.6. The second-order valence-corrected chi connectivity index (χ2v) is 6.29. The van der Waals surface area contributed by atoms with Gasteiger partial charge in [0.25, 0.3) is 5.69 Å². The Balaban J connectivity index is 2.22. The van der Waals surface area contributed by atoms with Gasteiger partial charge in [-0.05, 0) is 38.3 Å². The van der Waals surface area contributed by atoms with Gasteiger partial charge in [-0.3, -0.25) is 10.1 Å². The molecule has 9 heteroatoms. The van der Waals surface area contributed by atoms with Crippen LogP contribution in [0, 0.1) is 10.1 Å². The van der Waals surface area contributed by atoms with Crippen molar-refractivity contribution in [1.29, 1.82) is 0 Å². The number of nitro groups is 1. The summed E-state index contributed by atoms with van der Waals surface area (Å²) in [6.45, 7) is 2.32. The minimum atomic E-state index is -1.04. The quantitative estimate of drug-likeness (QED) is 0.320. The number of nitrogens with one attached hydrogen (secondary N) is 2. The first kappa shape index (κ1) is 20.9. The van der Waals surface area contributed by atoms with Gasteiger partial charge >= 0.3 is 6.09 Å². The van der Waals surface area contributed by atoms with Crippen molar-refractivity contribution in [2.24, 2.45) is 0 Å². The molecule has 1 aromatic heterocycles. The normalized spacial score (nSPS) is 11.5. The zero-order chi connectivity index (χ0) is 20.5. The van der Waals surface area contributed by atoms with E-state index in [1.807, 2.05) is 6.92 Å². The molecule has 0 spiro atoms. The number of nitrogens with zero attached hydrogens (tertiary/aromatic N) is 2. The van der Waals surface area contributed by atoms with E-state index in [2.05, 4.69) is 15.6 Å². The van der Waals surface area contributed by atoms with Crippen molar-refractivity contribution in [1.82, 2.24) is 10.3 Å². The average molecular weight is 388 g/mol. The molecule has 0 saturated heterocycles. The first-order valence-corrected chi connectivity index (χ1v) is 8.94. The van der Waals surface area contributed by atoms with Gasteiger partial charge in [-0.2, -0.15) is 0 Å². The van der Waals surface area contributed by atoms with E-state index in [-0.39, 0.29) is 11.7 Å². The third-order valence-electron chi connectivity index (χ3n) is 4.22. The number of pyridine rings is 1. The topological polar surface area (TPSA) is 127 Å². The maximum Gasteiger partial charge on any atom is 0.404 e. The third-order valence-corrected chi connectivity index (χ3v) is 4.22. The Kier molecular flexibility index (Phi) is 7.55. The van der Waals surface area contributed by atoms with Crippen LogP contribution in [0.25, 0.3) is 11.1 Å². The largest absolute Gasteiger partial charge is 0.481 e. The number of rotatable bonds is 10. The van der Waals surface area contributed by atoms with Gasteiger partial charge in [0.15, 0.2) is 0 Å². The Bertz CT molecular complexity index is 828. The van der Waals surface area contributed by atoms with Crippen molar-refractivity contribution in [3.8, 4) is 17.0 Å². The summed E-state index contributed by atoms with van der Waals surface area (Å²) < 4.78 is 5.31. The van der Waals surface area contributed by atoms with Crippen LogP contribution in [0.15, 0.2) is 36.5 Å². The summed E-state index contributed by atoms with van der Waals surface area (Å²) in [5.74, 6) is 0.387. The minimum Gasteiger partial charge on any atom is -0.481 e. The molecule has 9 nitrogen and oxygen atoms in total. The lowest BCUT2D eigenvalue weighted by Crippen LogP contribution is -2.22. The summed E-state index contributed by atoms with van der Waals surface area (Å²) in [7, 11) is 1.50. The minimum absolute atomic E-state index is 0.0252. The summed E-state index contributed by atoms with van der Waals surface area (Å²) in [5.41, 5.74) is 1.69. The van der Waals surface area contributed by atoms with Crippen LogP contribution < -0.4 is 15.4 Å². The van der Waals surface area contributed by atoms with Crippen molar-refractivity contribution in [2.45, 2.75) is 32.2 Å². The molecule has 1 aromatic carbocycles. The fourth-order valence-electron chi connectivity index (χ4n) is 2.92. The molecule has 0 radical (unpaired) electrons. The molecule has 150 valence electrons. The lowest BCUT2D eigenvalue weighted by atomic mass is 10.0. The van der Waals surface area contributed by atoms with Gasteiger partial charge in [0.2, 0.25) is 5.88 Å². The monoisotopic (exact) mass is 388 g/mol. The number of para-hydroxylation sites is 1. The molecule has 1 unspecified atom stereocenters. The number of hydrogen-bond acceptors (Lipinski definition) is 6. The van der Waals surface area contributed by atoms with Gasteiger partial charge in [0.05, 0.1) is 12.0 Å². The van der Waals surface area contributed by atoms with E-state index in [1.54, 1.807) is 30.5 Å². The van der Waals surface area contributed by atoms with Crippen LogP contribution in [0.4, 0.5) is 16.2 Å². The standard InChI is InChI=1S/C19H24N4O5/c1-13(7-3-4-11-21-19(24)25)22-17-14(8-5-10-16(17)23(26)27)15-9-6-12-20-18(15)28-2/h5-6,8-10,12-13,21-22H,3-4,7,11H2,1-2H3,(H,24,25). The van der Waals surface area contributed by atoms with Crippen molar-refractivity contribution in [3.63, 3.8) is 0 Å². The molecule has 0 aliphatic heterocycles. The summed E-state index contributed by atoms with van der Waals surface area (Å²) in [6, 6.07) is 8.38. The van der Waals surface area contributed by atoms with Gasteiger partial charge in [-0.25, -0.2) is 9.78 Å². The van der Waals surface area contributed by atoms with E-state index in [0.717, 1.165) is 12.8 Å². The third kappa shape index (κ3) is 5.57. The molecule has 0 saturated carbocycles. The highest BCUT2D eigenvalue weighted by atomic mass is 16.6. The summed E-state index contributed by atoms with van der Waals surface area (Å²) in [5, 5.41) is 25.7. The Hall–Kier alpha value is -3.36. The number of carbonyl (C=O) groups is 1. The SMILES string of the molecule is COc1ncccc1-c1cccc([N+](=O)[O-])c1NC(C)CCCCNC(=O)O. The number of hydrogen-bond donors (Lipinski definition) is 3. The number of carboxylic acid groups (broad SMARTS) is 1. The Morgan fingerprint density at radius 3 is 2.71 bits per heavy atom. The number of ether oxygens (including phenoxy) is 1. The predicted octanol–water partition coefficient (Wildman–Crippen LogP) is 3.90. The first-order chi connectivity index (χ1) is 13.4. The van der Waals surface area contributed by atoms with Gasteiger partial charge in [0, 0.05) is 36.0 Å². The van der Waals surface area contributed by atoms with Crippen LogP contribution in [0.1, 0.15) is 26.2 Å². The highest BCUT2D eigenvalue weighted by molar-refractivity contribution is 5.86. The van der Waals surface area contributed by atoms with Crippen molar-refractivity contribution in [3.05, 3.63) is 46.6 Å². The number of nitro benzene ring substituents is 1. The van der Waals surface area contributed by atoms with Crippen LogP contribution in [0.5, 0.6) is 5.88 Å². The van der Waals surface area contributed by atoms with Crippen LogP contribution >= 0.6 is 0 Å². The van der Waals surface area contributed by atoms with Gasteiger partial charge in [-0.1, -0.05) is 12.1 Å². The molecular weight excluding hydrogens is 364 g/mol. The molecule has 2 aromatic rings. The molecule has 28 heavy (non-hydrogen) atoms. The molecule has 1 amide bonds. The van der Waals surface area contributed by atoms with E-state index in [1.165, 1.54) is 13.2 Å². The number of unbranched alkanes of at least 4 members (excludes halogenated alkanes) is 1. The second-order valence-electron chi connectivity index (χ2n) is 6.29. The molecule has 1 heterocycles. The van der Waals surface area contributed by atoms with Gasteiger partial charge < -0.3 is 20.5 Å². The zero-order valence-electron chi connectivity index (χ0n) is 15.8. The highest BCUT2D eigenvalue weighted by Crippen LogP contribution is 2.39. The Morgan fingerprint density at radius 1 is 1.29 bits per heavy atom. The second kappa shape index (κ2) is 10.1. The lowest BCUT2D eigenvalue weighted by molar-refractivity contribution is -0.383. The fourth-order valence-corrected chi connectivity index (χ4v) is 2.92. The molecule has 1 atom stereocenters. The molecule has 0 bridgehead atoms. The van der Waals surface area contributed by atoms with Crippen molar-refractivity contribution in [2.75, 3.05) is 19.0 Å². The van der Waals surface area contributed by atoms with Gasteiger partial charge in [0.1, 0.15) is 5.69 Å². The van der Waals surface area contributed by atoms with Crippen molar-refractivity contribution >= 4 is 17.5 Å². The van der Waals surface area contributed by atoms with Crippen molar-refractivity contribution < 1.29 is 19.6 Å². The Labute approximate surface area is 162 Å². The van der Waals surface area contributed by atoms with E-state index in [9.17, 15) is 14.9 Å². The van der Waals surface area contributed by atoms with E-state index >= 15 is 0 Å². The fraction of sp³-hybridized carbons (Fsp3) is 0.368. The average Bonchev–Trinajstić information content (AvgIpc) is 2.67. The molecule has 0 aliphatic rings. The lowest BCUT2D eigenvalue weighted by Gasteiger charge is -2.19. The Morgan fingerprint density at radius 2 is 2.04 bits per heavy atom. The highest BCUT2D eigenvalue weighted by Gasteiger charge is 2.22. The van der Waals surface area contributed by atoms with Crippen LogP contribution in [-0.2, 0) is 0 Å². The summed E-state index contributed by atoms with van der Waals surface area (Å²) in [4.78, 5) is 25.8. The summed E-state index contributed by atoms with van der Waals surface area (Å²) in [6.07, 6.45) is 2.76. The molecule has 2 rings (SSSR count). The number of anilines is 1. The maximum atomic E-state index is 11.6. The van der Waals surface area contributed by atoms with E-state index in [0.29, 0.717) is 35.7 Å². The summed E-state index contributed by atoms with van der Waals surface area (Å²) >= 11 is 0. The smallest absolute Gasteiger partial charge is 0.404 e. The molecule has 0 fully saturated rings. The van der Waals surface area contributed by atoms with Crippen LogP contribution in [0.2, 0.25) is 0 Å². The van der Waals surface area contributed by atoms with E-state index < -0.39 is 11.0 Å². The molecule has 0 aliphatic carbocycles. The predicted molar refractivity (Wildman–Crippen MR) is 106 cm³/mol. The number of methoxy groups -OCH3 is 1. The number of aromatic nitrogens is 1. The number of amides is 1. The first-order valence-electron chi connectivity index (χ1n) is 8.94. The number of benzene rings is 1. The van der Waals surface area contributed by atoms with E-state index in [4.69, 9.17) is 9.84 Å². The van der Waals surface area contributed by atoms with Crippen LogP contribution in [-0.4, -0.2) is 40.8 Å².